The van der Waals surface area contributed by atoms with Gasteiger partial charge in [0.05, 0.1) is 10.6 Å². The minimum atomic E-state index is -0.612. The van der Waals surface area contributed by atoms with Crippen LogP contribution in [-0.2, 0) is 4.79 Å². The van der Waals surface area contributed by atoms with Crippen molar-refractivity contribution in [1.29, 1.82) is 0 Å². The molecule has 1 saturated carbocycles. The summed E-state index contributed by atoms with van der Waals surface area (Å²) >= 11 is 7.63. The van der Waals surface area contributed by atoms with E-state index in [0.717, 1.165) is 6.42 Å². The van der Waals surface area contributed by atoms with Crippen LogP contribution in [0.3, 0.4) is 0 Å². The van der Waals surface area contributed by atoms with E-state index in [1.165, 1.54) is 15.8 Å². The Morgan fingerprint density at radius 2 is 2.09 bits per heavy atom. The first-order valence-corrected chi connectivity index (χ1v) is 8.11. The SMILES string of the molecule is Cc1ccc([C@@H]2C[C@H]2C(=O)Nc2ccc(Cl)c(C(N)=O)c2)s1. The number of primary amides is 1. The molecule has 1 aliphatic rings. The highest BCUT2D eigenvalue weighted by atomic mass is 35.5. The van der Waals surface area contributed by atoms with Gasteiger partial charge in [0.2, 0.25) is 11.8 Å². The smallest absolute Gasteiger partial charge is 0.250 e. The van der Waals surface area contributed by atoms with Crippen LogP contribution in [0.5, 0.6) is 0 Å². The second-order valence-electron chi connectivity index (χ2n) is 5.45. The van der Waals surface area contributed by atoms with Crippen molar-refractivity contribution >= 4 is 40.4 Å². The zero-order chi connectivity index (χ0) is 15.9. The third kappa shape index (κ3) is 3.00. The van der Waals surface area contributed by atoms with Crippen molar-refractivity contribution in [2.75, 3.05) is 5.32 Å². The summed E-state index contributed by atoms with van der Waals surface area (Å²) in [6.07, 6.45) is 0.863. The molecule has 0 aliphatic heterocycles. The van der Waals surface area contributed by atoms with Crippen LogP contribution in [0, 0.1) is 12.8 Å². The van der Waals surface area contributed by atoms with E-state index in [9.17, 15) is 9.59 Å². The molecule has 4 nitrogen and oxygen atoms in total. The molecule has 2 aromatic rings. The number of anilines is 1. The summed E-state index contributed by atoms with van der Waals surface area (Å²) in [5, 5.41) is 3.11. The number of hydrogen-bond donors (Lipinski definition) is 2. The number of aryl methyl sites for hydroxylation is 1. The lowest BCUT2D eigenvalue weighted by atomic mass is 10.2. The number of thiophene rings is 1. The van der Waals surface area contributed by atoms with Crippen molar-refractivity contribution in [2.45, 2.75) is 19.3 Å². The minimum absolute atomic E-state index is 0.00856. The number of rotatable bonds is 4. The van der Waals surface area contributed by atoms with E-state index in [2.05, 4.69) is 24.4 Å². The molecule has 0 radical (unpaired) electrons. The van der Waals surface area contributed by atoms with Crippen LogP contribution < -0.4 is 11.1 Å². The predicted molar refractivity (Wildman–Crippen MR) is 88.5 cm³/mol. The summed E-state index contributed by atoms with van der Waals surface area (Å²) in [5.41, 5.74) is 6.00. The lowest BCUT2D eigenvalue weighted by molar-refractivity contribution is -0.117. The molecular weight excluding hydrogens is 320 g/mol. The first kappa shape index (κ1) is 15.1. The maximum absolute atomic E-state index is 12.3. The number of halogens is 1. The van der Waals surface area contributed by atoms with Crippen LogP contribution in [-0.4, -0.2) is 11.8 Å². The highest BCUT2D eigenvalue weighted by molar-refractivity contribution is 7.12. The Morgan fingerprint density at radius 1 is 1.32 bits per heavy atom. The lowest BCUT2D eigenvalue weighted by Gasteiger charge is -2.07. The summed E-state index contributed by atoms with van der Waals surface area (Å²) < 4.78 is 0. The molecule has 6 heteroatoms. The average Bonchev–Trinajstić information content (AvgIpc) is 3.16. The number of carbonyl (C=O) groups is 2. The fraction of sp³-hybridized carbons (Fsp3) is 0.250. The summed E-state index contributed by atoms with van der Waals surface area (Å²) in [4.78, 5) is 26.1. The molecule has 2 amide bonds. The summed E-state index contributed by atoms with van der Waals surface area (Å²) in [5.74, 6) is -0.347. The van der Waals surface area contributed by atoms with Gasteiger partial charge in [-0.2, -0.15) is 0 Å². The molecule has 22 heavy (non-hydrogen) atoms. The van der Waals surface area contributed by atoms with Crippen LogP contribution in [0.1, 0.15) is 32.5 Å². The molecule has 3 N–H and O–H groups in total. The summed E-state index contributed by atoms with van der Waals surface area (Å²) in [7, 11) is 0. The average molecular weight is 335 g/mol. The second kappa shape index (κ2) is 5.74. The maximum atomic E-state index is 12.3. The third-order valence-electron chi connectivity index (χ3n) is 3.75. The highest BCUT2D eigenvalue weighted by Gasteiger charge is 2.44. The van der Waals surface area contributed by atoms with E-state index in [4.69, 9.17) is 17.3 Å². The van der Waals surface area contributed by atoms with E-state index in [-0.39, 0.29) is 22.4 Å². The highest BCUT2D eigenvalue weighted by Crippen LogP contribution is 2.50. The van der Waals surface area contributed by atoms with E-state index < -0.39 is 5.91 Å². The largest absolute Gasteiger partial charge is 0.366 e. The maximum Gasteiger partial charge on any atom is 0.250 e. The van der Waals surface area contributed by atoms with Crippen molar-refractivity contribution in [1.82, 2.24) is 0 Å². The molecule has 0 unspecified atom stereocenters. The van der Waals surface area contributed by atoms with Crippen LogP contribution >= 0.6 is 22.9 Å². The number of hydrogen-bond acceptors (Lipinski definition) is 3. The standard InChI is InChI=1S/C16H15ClN2O2S/c1-8-2-5-14(22-8)10-7-11(10)16(21)19-9-3-4-13(17)12(6-9)15(18)20/h2-6,10-11H,7H2,1H3,(H2,18,20)(H,19,21)/t10-,11-/m1/s1. The molecule has 2 atom stereocenters. The van der Waals surface area contributed by atoms with E-state index >= 15 is 0 Å². The van der Waals surface area contributed by atoms with E-state index in [1.807, 2.05) is 0 Å². The molecule has 1 fully saturated rings. The number of benzene rings is 1. The van der Waals surface area contributed by atoms with Crippen LogP contribution in [0.2, 0.25) is 5.02 Å². The summed E-state index contributed by atoms with van der Waals surface area (Å²) in [6, 6.07) is 8.90. The molecule has 1 aliphatic carbocycles. The molecule has 1 aromatic heterocycles. The van der Waals surface area contributed by atoms with Crippen molar-refractivity contribution in [3.05, 3.63) is 50.7 Å². The Hall–Kier alpha value is -1.85. The van der Waals surface area contributed by atoms with Gasteiger partial charge in [0.1, 0.15) is 0 Å². The molecule has 0 saturated heterocycles. The van der Waals surface area contributed by atoms with Gasteiger partial charge in [-0.15, -0.1) is 11.3 Å². The van der Waals surface area contributed by atoms with Crippen molar-refractivity contribution in [2.24, 2.45) is 11.7 Å². The Kier molecular flexibility index (Phi) is 3.93. The van der Waals surface area contributed by atoms with E-state index in [0.29, 0.717) is 11.6 Å². The number of amides is 2. The van der Waals surface area contributed by atoms with Crippen LogP contribution in [0.4, 0.5) is 5.69 Å². The minimum Gasteiger partial charge on any atom is -0.366 e. The molecule has 114 valence electrons. The van der Waals surface area contributed by atoms with Crippen LogP contribution in [0.25, 0.3) is 0 Å². The van der Waals surface area contributed by atoms with Gasteiger partial charge in [-0.1, -0.05) is 11.6 Å². The molecule has 1 aromatic carbocycles. The fourth-order valence-electron chi connectivity index (χ4n) is 2.48. The number of nitrogens with two attached hydrogens (primary N) is 1. The van der Waals surface area contributed by atoms with Gasteiger partial charge in [-0.25, -0.2) is 0 Å². The van der Waals surface area contributed by atoms with Gasteiger partial charge in [0.25, 0.3) is 0 Å². The molecule has 0 bridgehead atoms. The zero-order valence-electron chi connectivity index (χ0n) is 11.9. The summed E-state index contributed by atoms with van der Waals surface area (Å²) in [6.45, 7) is 2.06. The zero-order valence-corrected chi connectivity index (χ0v) is 13.5. The van der Waals surface area contributed by atoms with Gasteiger partial charge in [-0.05, 0) is 43.7 Å². The second-order valence-corrected chi connectivity index (χ2v) is 7.17. The Morgan fingerprint density at radius 3 is 2.73 bits per heavy atom. The van der Waals surface area contributed by atoms with Crippen molar-refractivity contribution < 1.29 is 9.59 Å². The predicted octanol–water partition coefficient (Wildman–Crippen LogP) is 3.55. The lowest BCUT2D eigenvalue weighted by Crippen LogP contribution is -2.16. The fourth-order valence-corrected chi connectivity index (χ4v) is 3.75. The van der Waals surface area contributed by atoms with E-state index in [1.54, 1.807) is 23.5 Å². The molecule has 3 rings (SSSR count). The molecular formula is C16H15ClN2O2S. The molecule has 1 heterocycles. The van der Waals surface area contributed by atoms with Crippen molar-refractivity contribution in [3.63, 3.8) is 0 Å². The van der Waals surface area contributed by atoms with Gasteiger partial charge in [-0.3, -0.25) is 9.59 Å². The molecule has 0 spiro atoms. The Labute approximate surface area is 137 Å². The van der Waals surface area contributed by atoms with Crippen LogP contribution in [0.15, 0.2) is 30.3 Å². The Bertz CT molecular complexity index is 756. The van der Waals surface area contributed by atoms with Gasteiger partial charge in [0.15, 0.2) is 0 Å². The number of nitrogens with one attached hydrogen (secondary N) is 1. The normalized spacial score (nSPS) is 19.7. The van der Waals surface area contributed by atoms with Crippen molar-refractivity contribution in [3.8, 4) is 0 Å². The third-order valence-corrected chi connectivity index (χ3v) is 5.22. The monoisotopic (exact) mass is 334 g/mol. The Balaban J connectivity index is 1.68. The topological polar surface area (TPSA) is 72.2 Å². The van der Waals surface area contributed by atoms with Gasteiger partial charge in [0, 0.05) is 27.3 Å². The quantitative estimate of drug-likeness (QED) is 0.897. The van der Waals surface area contributed by atoms with Gasteiger partial charge < -0.3 is 11.1 Å². The van der Waals surface area contributed by atoms with Gasteiger partial charge >= 0.3 is 0 Å². The first-order chi connectivity index (χ1) is 10.5. The first-order valence-electron chi connectivity index (χ1n) is 6.92. The number of carbonyl (C=O) groups excluding carboxylic acids is 2.